The lowest BCUT2D eigenvalue weighted by molar-refractivity contribution is 0.0938. The Balaban J connectivity index is 1.31. The van der Waals surface area contributed by atoms with Crippen molar-refractivity contribution in [2.45, 2.75) is 13.0 Å². The Morgan fingerprint density at radius 1 is 0.639 bits per heavy atom. The predicted molar refractivity (Wildman–Crippen MR) is 146 cm³/mol. The van der Waals surface area contributed by atoms with Gasteiger partial charge in [0.1, 0.15) is 0 Å². The van der Waals surface area contributed by atoms with Crippen molar-refractivity contribution in [3.63, 3.8) is 0 Å². The van der Waals surface area contributed by atoms with E-state index in [1.165, 1.54) is 0 Å². The molecular formula is C32H26N2O2. The van der Waals surface area contributed by atoms with Crippen LogP contribution in [0.3, 0.4) is 0 Å². The second-order valence-electron chi connectivity index (χ2n) is 8.75. The summed E-state index contributed by atoms with van der Waals surface area (Å²) in [4.78, 5) is 26.2. The van der Waals surface area contributed by atoms with Gasteiger partial charge in [-0.25, -0.2) is 0 Å². The molecule has 5 aromatic carbocycles. The van der Waals surface area contributed by atoms with E-state index in [9.17, 15) is 9.59 Å². The Hall–Kier alpha value is -4.70. The molecule has 0 aliphatic carbocycles. The maximum absolute atomic E-state index is 13.1. The smallest absolute Gasteiger partial charge is 0.256 e. The van der Waals surface area contributed by atoms with Crippen LogP contribution in [-0.4, -0.2) is 11.8 Å². The average Bonchev–Trinajstić information content (AvgIpc) is 2.93. The standard InChI is InChI=1S/C32H26N2O2/c1-22(25-19-18-23-10-5-6-13-26(23)20-25)33-31(35)27-14-9-15-28(21-27)34-32(36)30-17-8-7-16-29(30)24-11-3-2-4-12-24/h2-22H,1H3,(H,33,35)(H,34,36). The zero-order valence-corrected chi connectivity index (χ0v) is 19.9. The highest BCUT2D eigenvalue weighted by Crippen LogP contribution is 2.25. The van der Waals surface area contributed by atoms with Crippen LogP contribution in [0.4, 0.5) is 5.69 Å². The third-order valence-corrected chi connectivity index (χ3v) is 6.26. The molecule has 0 bridgehead atoms. The second-order valence-corrected chi connectivity index (χ2v) is 8.75. The molecule has 1 atom stereocenters. The molecule has 0 saturated carbocycles. The van der Waals surface area contributed by atoms with E-state index in [2.05, 4.69) is 34.9 Å². The third-order valence-electron chi connectivity index (χ3n) is 6.26. The zero-order chi connectivity index (χ0) is 24.9. The molecule has 2 amide bonds. The number of rotatable bonds is 6. The minimum atomic E-state index is -0.225. The van der Waals surface area contributed by atoms with Gasteiger partial charge in [-0.05, 0) is 64.7 Å². The summed E-state index contributed by atoms with van der Waals surface area (Å²) in [5.41, 5.74) is 4.48. The SMILES string of the molecule is CC(NC(=O)c1cccc(NC(=O)c2ccccc2-c2ccccc2)c1)c1ccc2ccccc2c1. The molecule has 0 spiro atoms. The topological polar surface area (TPSA) is 58.2 Å². The van der Waals surface area contributed by atoms with E-state index in [1.807, 2.05) is 73.7 Å². The molecule has 5 aromatic rings. The molecule has 0 aliphatic rings. The molecule has 0 aromatic heterocycles. The lowest BCUT2D eigenvalue weighted by atomic mass is 9.99. The van der Waals surface area contributed by atoms with Crippen LogP contribution in [0.5, 0.6) is 0 Å². The summed E-state index contributed by atoms with van der Waals surface area (Å²) < 4.78 is 0. The lowest BCUT2D eigenvalue weighted by Gasteiger charge is -2.16. The number of hydrogen-bond acceptors (Lipinski definition) is 2. The largest absolute Gasteiger partial charge is 0.346 e. The van der Waals surface area contributed by atoms with Gasteiger partial charge in [-0.3, -0.25) is 9.59 Å². The number of benzene rings is 5. The highest BCUT2D eigenvalue weighted by Gasteiger charge is 2.15. The fraction of sp³-hybridized carbons (Fsp3) is 0.0625. The quantitative estimate of drug-likeness (QED) is 0.275. The van der Waals surface area contributed by atoms with E-state index in [1.54, 1.807) is 30.3 Å². The molecule has 0 saturated heterocycles. The first kappa shape index (κ1) is 23.1. The van der Waals surface area contributed by atoms with Crippen LogP contribution in [0.2, 0.25) is 0 Å². The van der Waals surface area contributed by atoms with Crippen molar-refractivity contribution in [3.05, 3.63) is 138 Å². The Morgan fingerprint density at radius 2 is 1.36 bits per heavy atom. The molecule has 0 aliphatic heterocycles. The fourth-order valence-corrected chi connectivity index (χ4v) is 4.33. The van der Waals surface area contributed by atoms with Crippen LogP contribution in [0.1, 0.15) is 39.2 Å². The average molecular weight is 471 g/mol. The van der Waals surface area contributed by atoms with E-state index in [0.717, 1.165) is 27.5 Å². The van der Waals surface area contributed by atoms with Gasteiger partial charge in [0.25, 0.3) is 11.8 Å². The van der Waals surface area contributed by atoms with Crippen LogP contribution >= 0.6 is 0 Å². The zero-order valence-electron chi connectivity index (χ0n) is 19.9. The number of amides is 2. The van der Waals surface area contributed by atoms with Crippen LogP contribution < -0.4 is 10.6 Å². The molecule has 0 heterocycles. The monoisotopic (exact) mass is 470 g/mol. The molecule has 36 heavy (non-hydrogen) atoms. The minimum Gasteiger partial charge on any atom is -0.346 e. The molecule has 4 nitrogen and oxygen atoms in total. The van der Waals surface area contributed by atoms with Gasteiger partial charge >= 0.3 is 0 Å². The van der Waals surface area contributed by atoms with Gasteiger partial charge in [0, 0.05) is 16.8 Å². The van der Waals surface area contributed by atoms with Crippen molar-refractivity contribution in [2.75, 3.05) is 5.32 Å². The molecular weight excluding hydrogens is 444 g/mol. The molecule has 5 rings (SSSR count). The number of nitrogens with one attached hydrogen (secondary N) is 2. The van der Waals surface area contributed by atoms with Gasteiger partial charge in [-0.2, -0.15) is 0 Å². The first-order chi connectivity index (χ1) is 17.6. The second kappa shape index (κ2) is 10.3. The van der Waals surface area contributed by atoms with E-state index < -0.39 is 0 Å². The summed E-state index contributed by atoms with van der Waals surface area (Å²) in [5, 5.41) is 8.32. The fourth-order valence-electron chi connectivity index (χ4n) is 4.33. The van der Waals surface area contributed by atoms with Crippen molar-refractivity contribution >= 4 is 28.3 Å². The Morgan fingerprint density at radius 3 is 2.19 bits per heavy atom. The number of hydrogen-bond donors (Lipinski definition) is 2. The summed E-state index contributed by atoms with van der Waals surface area (Å²) in [6.45, 7) is 1.97. The van der Waals surface area contributed by atoms with E-state index in [-0.39, 0.29) is 17.9 Å². The predicted octanol–water partition coefficient (Wildman–Crippen LogP) is 7.25. The van der Waals surface area contributed by atoms with Crippen molar-refractivity contribution in [1.82, 2.24) is 5.32 Å². The normalized spacial score (nSPS) is 11.6. The van der Waals surface area contributed by atoms with Crippen molar-refractivity contribution in [1.29, 1.82) is 0 Å². The van der Waals surface area contributed by atoms with Gasteiger partial charge in [-0.15, -0.1) is 0 Å². The van der Waals surface area contributed by atoms with E-state index in [0.29, 0.717) is 16.8 Å². The lowest BCUT2D eigenvalue weighted by Crippen LogP contribution is -2.26. The highest BCUT2D eigenvalue weighted by molar-refractivity contribution is 6.09. The summed E-state index contributed by atoms with van der Waals surface area (Å²) in [5.74, 6) is -0.423. The molecule has 4 heteroatoms. The molecule has 176 valence electrons. The van der Waals surface area contributed by atoms with Crippen LogP contribution in [0.25, 0.3) is 21.9 Å². The van der Waals surface area contributed by atoms with Crippen LogP contribution in [0.15, 0.2) is 121 Å². The summed E-state index contributed by atoms with van der Waals surface area (Å²) in [6, 6.07) is 38.5. The highest BCUT2D eigenvalue weighted by atomic mass is 16.2. The van der Waals surface area contributed by atoms with Crippen molar-refractivity contribution < 1.29 is 9.59 Å². The van der Waals surface area contributed by atoms with Crippen LogP contribution in [-0.2, 0) is 0 Å². The molecule has 0 fully saturated rings. The molecule has 0 radical (unpaired) electrons. The van der Waals surface area contributed by atoms with Gasteiger partial charge in [0.05, 0.1) is 6.04 Å². The van der Waals surface area contributed by atoms with Crippen LogP contribution in [0, 0.1) is 0 Å². The number of carbonyl (C=O) groups excluding carboxylic acids is 2. The Kier molecular flexibility index (Phi) is 6.59. The van der Waals surface area contributed by atoms with Gasteiger partial charge in [0.2, 0.25) is 0 Å². The van der Waals surface area contributed by atoms with Gasteiger partial charge in [0.15, 0.2) is 0 Å². The first-order valence-corrected chi connectivity index (χ1v) is 11.9. The maximum Gasteiger partial charge on any atom is 0.256 e. The molecule has 2 N–H and O–H groups in total. The third kappa shape index (κ3) is 5.03. The number of carbonyl (C=O) groups is 2. The van der Waals surface area contributed by atoms with Gasteiger partial charge < -0.3 is 10.6 Å². The summed E-state index contributed by atoms with van der Waals surface area (Å²) >= 11 is 0. The number of anilines is 1. The summed E-state index contributed by atoms with van der Waals surface area (Å²) in [6.07, 6.45) is 0. The van der Waals surface area contributed by atoms with E-state index in [4.69, 9.17) is 0 Å². The summed E-state index contributed by atoms with van der Waals surface area (Å²) in [7, 11) is 0. The molecule has 1 unspecified atom stereocenters. The number of fused-ring (bicyclic) bond motifs is 1. The Labute approximate surface area is 210 Å². The van der Waals surface area contributed by atoms with Crippen molar-refractivity contribution in [3.8, 4) is 11.1 Å². The Bertz CT molecular complexity index is 1540. The van der Waals surface area contributed by atoms with Gasteiger partial charge in [-0.1, -0.05) is 91.0 Å². The van der Waals surface area contributed by atoms with Crippen molar-refractivity contribution in [2.24, 2.45) is 0 Å². The van der Waals surface area contributed by atoms with E-state index >= 15 is 0 Å². The minimum absolute atomic E-state index is 0.168. The maximum atomic E-state index is 13.1. The first-order valence-electron chi connectivity index (χ1n) is 11.9.